The second-order valence-electron chi connectivity index (χ2n) is 3.11. The van der Waals surface area contributed by atoms with E-state index in [1.165, 1.54) is 0 Å². The van der Waals surface area contributed by atoms with Crippen molar-refractivity contribution in [2.75, 3.05) is 11.6 Å². The highest BCUT2D eigenvalue weighted by molar-refractivity contribution is 6.12. The van der Waals surface area contributed by atoms with Crippen molar-refractivity contribution in [3.8, 4) is 0 Å². The lowest BCUT2D eigenvalue weighted by Gasteiger charge is -2.27. The van der Waals surface area contributed by atoms with Gasteiger partial charge in [0.15, 0.2) is 0 Å². The third-order valence-electron chi connectivity index (χ3n) is 2.27. The third kappa shape index (κ3) is 0.970. The minimum absolute atomic E-state index is 0.604. The number of para-hydroxylation sites is 1. The Hall–Kier alpha value is -1.97. The largest absolute Gasteiger partial charge is 0.290 e. The van der Waals surface area contributed by atoms with Gasteiger partial charge in [0.25, 0.3) is 0 Å². The Labute approximate surface area is 81.3 Å². The van der Waals surface area contributed by atoms with E-state index >= 15 is 0 Å². The maximum atomic E-state index is 4.25. The lowest BCUT2D eigenvalue weighted by Crippen LogP contribution is -2.35. The van der Waals surface area contributed by atoms with E-state index in [9.17, 15) is 0 Å². The molecule has 0 saturated carbocycles. The Morgan fingerprint density at radius 1 is 1.21 bits per heavy atom. The van der Waals surface area contributed by atoms with Gasteiger partial charge in [0.1, 0.15) is 13.0 Å². The van der Waals surface area contributed by atoms with Crippen LogP contribution in [-0.2, 0) is 0 Å². The minimum atomic E-state index is 0.604. The van der Waals surface area contributed by atoms with Crippen LogP contribution in [0.3, 0.4) is 0 Å². The van der Waals surface area contributed by atoms with E-state index in [1.807, 2.05) is 29.3 Å². The number of rotatable bonds is 0. The smallest absolute Gasteiger partial charge is 0.232 e. The molecule has 0 aliphatic carbocycles. The summed E-state index contributed by atoms with van der Waals surface area (Å²) in [7, 11) is 0. The van der Waals surface area contributed by atoms with Crippen LogP contribution in [0.4, 0.5) is 5.69 Å². The standard InChI is InChI=1S/C10H8N4/c1-2-4-9-8(3-1)5-12-10-13-6-11-7-14(9)10/h1-6H,7H2. The molecule has 2 aliphatic rings. The van der Waals surface area contributed by atoms with Crippen LogP contribution in [0.2, 0.25) is 0 Å². The van der Waals surface area contributed by atoms with E-state index in [0.29, 0.717) is 6.67 Å². The van der Waals surface area contributed by atoms with Crippen molar-refractivity contribution in [1.29, 1.82) is 0 Å². The molecule has 0 fully saturated rings. The molecule has 4 nitrogen and oxygen atoms in total. The van der Waals surface area contributed by atoms with Gasteiger partial charge >= 0.3 is 0 Å². The van der Waals surface area contributed by atoms with Crippen LogP contribution in [0, 0.1) is 0 Å². The van der Waals surface area contributed by atoms with E-state index in [4.69, 9.17) is 0 Å². The average molecular weight is 184 g/mol. The van der Waals surface area contributed by atoms with Crippen molar-refractivity contribution >= 4 is 24.2 Å². The quantitative estimate of drug-likeness (QED) is 0.598. The summed E-state index contributed by atoms with van der Waals surface area (Å²) in [5, 5.41) is 0. The lowest BCUT2D eigenvalue weighted by atomic mass is 10.1. The highest BCUT2D eigenvalue weighted by atomic mass is 15.3. The van der Waals surface area contributed by atoms with Crippen LogP contribution in [0.5, 0.6) is 0 Å². The van der Waals surface area contributed by atoms with Gasteiger partial charge in [-0.3, -0.25) is 9.89 Å². The molecule has 1 aromatic carbocycles. The van der Waals surface area contributed by atoms with Gasteiger partial charge in [-0.2, -0.15) is 0 Å². The predicted molar refractivity (Wildman–Crippen MR) is 57.3 cm³/mol. The summed E-state index contributed by atoms with van der Waals surface area (Å²) in [4.78, 5) is 14.5. The summed E-state index contributed by atoms with van der Waals surface area (Å²) in [6.45, 7) is 0.604. The number of aliphatic imine (C=N–C) groups is 3. The zero-order chi connectivity index (χ0) is 9.38. The first-order chi connectivity index (χ1) is 6.95. The van der Waals surface area contributed by atoms with E-state index < -0.39 is 0 Å². The Balaban J connectivity index is 2.18. The number of anilines is 1. The normalized spacial score (nSPS) is 17.4. The second-order valence-corrected chi connectivity index (χ2v) is 3.11. The molecule has 2 heterocycles. The Morgan fingerprint density at radius 2 is 2.14 bits per heavy atom. The fourth-order valence-corrected chi connectivity index (χ4v) is 1.60. The molecule has 14 heavy (non-hydrogen) atoms. The Bertz CT molecular complexity index is 459. The summed E-state index contributed by atoms with van der Waals surface area (Å²) in [6.07, 6.45) is 3.39. The zero-order valence-electron chi connectivity index (χ0n) is 7.46. The van der Waals surface area contributed by atoms with E-state index in [0.717, 1.165) is 17.2 Å². The fraction of sp³-hybridized carbons (Fsp3) is 0.100. The molecular formula is C10H8N4. The Kier molecular flexibility index (Phi) is 1.47. The van der Waals surface area contributed by atoms with Gasteiger partial charge in [-0.25, -0.2) is 9.98 Å². The molecule has 0 atom stereocenters. The first-order valence-electron chi connectivity index (χ1n) is 4.42. The number of fused-ring (bicyclic) bond motifs is 3. The van der Waals surface area contributed by atoms with E-state index in [1.54, 1.807) is 6.34 Å². The summed E-state index contributed by atoms with van der Waals surface area (Å²) < 4.78 is 0. The molecule has 0 amide bonds. The molecular weight excluding hydrogens is 176 g/mol. The van der Waals surface area contributed by atoms with Gasteiger partial charge in [-0.1, -0.05) is 18.2 Å². The van der Waals surface area contributed by atoms with Crippen molar-refractivity contribution < 1.29 is 0 Å². The number of nitrogens with zero attached hydrogens (tertiary/aromatic N) is 4. The van der Waals surface area contributed by atoms with E-state index in [2.05, 4.69) is 21.0 Å². The van der Waals surface area contributed by atoms with Crippen molar-refractivity contribution in [1.82, 2.24) is 0 Å². The van der Waals surface area contributed by atoms with E-state index in [-0.39, 0.29) is 0 Å². The number of guanidine groups is 1. The molecule has 68 valence electrons. The molecule has 2 aliphatic heterocycles. The average Bonchev–Trinajstić information content (AvgIpc) is 2.29. The molecule has 4 heteroatoms. The Morgan fingerprint density at radius 3 is 3.14 bits per heavy atom. The SMILES string of the molecule is C1=NCN2C(=N1)N=Cc1ccccc12. The third-order valence-corrected chi connectivity index (χ3v) is 2.27. The summed E-state index contributed by atoms with van der Waals surface area (Å²) in [5.41, 5.74) is 2.24. The number of hydrogen-bond donors (Lipinski definition) is 0. The van der Waals surface area contributed by atoms with Gasteiger partial charge in [0, 0.05) is 11.8 Å². The van der Waals surface area contributed by atoms with Crippen LogP contribution >= 0.6 is 0 Å². The maximum Gasteiger partial charge on any atom is 0.232 e. The first kappa shape index (κ1) is 7.44. The fourth-order valence-electron chi connectivity index (χ4n) is 1.60. The van der Waals surface area contributed by atoms with Crippen LogP contribution < -0.4 is 4.90 Å². The molecule has 0 aromatic heterocycles. The molecule has 3 rings (SSSR count). The molecule has 0 spiro atoms. The lowest BCUT2D eigenvalue weighted by molar-refractivity contribution is 0.980. The molecule has 0 radical (unpaired) electrons. The van der Waals surface area contributed by atoms with Crippen LogP contribution in [-0.4, -0.2) is 25.2 Å². The topological polar surface area (TPSA) is 40.3 Å². The van der Waals surface area contributed by atoms with Crippen LogP contribution in [0.1, 0.15) is 5.56 Å². The summed E-state index contributed by atoms with van der Waals surface area (Å²) >= 11 is 0. The summed E-state index contributed by atoms with van der Waals surface area (Å²) in [6, 6.07) is 8.10. The van der Waals surface area contributed by atoms with Gasteiger partial charge in [-0.05, 0) is 6.07 Å². The second kappa shape index (κ2) is 2.77. The highest BCUT2D eigenvalue weighted by Gasteiger charge is 2.19. The summed E-state index contributed by atoms with van der Waals surface area (Å²) in [5.74, 6) is 0.721. The zero-order valence-corrected chi connectivity index (χ0v) is 7.46. The van der Waals surface area contributed by atoms with Gasteiger partial charge in [0.05, 0.1) is 5.69 Å². The molecule has 1 aromatic rings. The van der Waals surface area contributed by atoms with Gasteiger partial charge in [0.2, 0.25) is 5.96 Å². The van der Waals surface area contributed by atoms with Crippen molar-refractivity contribution in [3.05, 3.63) is 29.8 Å². The van der Waals surface area contributed by atoms with Crippen molar-refractivity contribution in [3.63, 3.8) is 0 Å². The van der Waals surface area contributed by atoms with Crippen molar-refractivity contribution in [2.24, 2.45) is 15.0 Å². The number of hydrogen-bond acceptors (Lipinski definition) is 4. The van der Waals surface area contributed by atoms with Crippen LogP contribution in [0.15, 0.2) is 39.2 Å². The molecule has 0 N–H and O–H groups in total. The van der Waals surface area contributed by atoms with Gasteiger partial charge < -0.3 is 0 Å². The highest BCUT2D eigenvalue weighted by Crippen LogP contribution is 2.23. The molecule has 0 unspecified atom stereocenters. The molecule has 0 bridgehead atoms. The maximum absolute atomic E-state index is 4.25. The van der Waals surface area contributed by atoms with Crippen LogP contribution in [0.25, 0.3) is 0 Å². The predicted octanol–water partition coefficient (Wildman–Crippen LogP) is 1.28. The minimum Gasteiger partial charge on any atom is -0.290 e. The number of benzene rings is 1. The molecule has 0 saturated heterocycles. The van der Waals surface area contributed by atoms with Crippen molar-refractivity contribution in [2.45, 2.75) is 0 Å². The monoisotopic (exact) mass is 184 g/mol. The van der Waals surface area contributed by atoms with Gasteiger partial charge in [-0.15, -0.1) is 0 Å². The first-order valence-corrected chi connectivity index (χ1v) is 4.42.